The van der Waals surface area contributed by atoms with Crippen molar-refractivity contribution in [2.24, 2.45) is 5.16 Å². The van der Waals surface area contributed by atoms with Gasteiger partial charge in [-0.25, -0.2) is 28.4 Å². The maximum absolute atomic E-state index is 12.9. The van der Waals surface area contributed by atoms with Gasteiger partial charge in [-0.15, -0.1) is 11.3 Å². The molecule has 20 nitrogen and oxygen atoms in total. The van der Waals surface area contributed by atoms with Crippen LogP contribution in [-0.4, -0.2) is 97.6 Å². The first-order valence-corrected chi connectivity index (χ1v) is 13.9. The molecule has 0 radical (unpaired) electrons. The van der Waals surface area contributed by atoms with E-state index in [9.17, 15) is 37.7 Å². The lowest BCUT2D eigenvalue weighted by atomic mass is 10.0. The van der Waals surface area contributed by atoms with Gasteiger partial charge in [-0.3, -0.25) is 14.1 Å². The zero-order valence-corrected chi connectivity index (χ0v) is 23.7. The molecule has 4 N–H and O–H groups in total. The summed E-state index contributed by atoms with van der Waals surface area (Å²) in [6, 6.07) is -2.45. The van der Waals surface area contributed by atoms with Gasteiger partial charge in [0.05, 0.1) is 6.04 Å². The molecule has 22 heteroatoms. The summed E-state index contributed by atoms with van der Waals surface area (Å²) in [5.74, 6) is -4.14. The average molecular weight is 633 g/mol. The number of hydrogen-bond donors (Lipinski definition) is 3. The van der Waals surface area contributed by atoms with Crippen LogP contribution in [0.2, 0.25) is 0 Å². The van der Waals surface area contributed by atoms with Crippen LogP contribution < -0.4 is 11.1 Å². The largest absolute Gasteiger partial charge is 0.459 e. The van der Waals surface area contributed by atoms with Gasteiger partial charge in [0.15, 0.2) is 23.3 Å². The zero-order valence-electron chi connectivity index (χ0n) is 22.0. The first kappa shape index (κ1) is 31.8. The van der Waals surface area contributed by atoms with Gasteiger partial charge < -0.3 is 35.5 Å². The Morgan fingerprint density at radius 3 is 2.62 bits per heavy atom. The number of amides is 2. The number of nitrogens with zero attached hydrogens (tertiary/aromatic N) is 6. The predicted octanol–water partition coefficient (Wildman–Crippen LogP) is -1.45. The lowest BCUT2D eigenvalue weighted by Crippen LogP contribution is -2.71. The molecule has 1 unspecified atom stereocenters. The summed E-state index contributed by atoms with van der Waals surface area (Å²) in [5, 5.41) is 18.2. The minimum absolute atomic E-state index is 0.0416. The zero-order chi connectivity index (χ0) is 31.4. The highest BCUT2D eigenvalue weighted by Gasteiger charge is 2.51. The molecule has 2 amide bonds. The Bertz CT molecular complexity index is 1530. The van der Waals surface area contributed by atoms with Gasteiger partial charge in [0.2, 0.25) is 6.10 Å². The second kappa shape index (κ2) is 12.9. The molecule has 3 atom stereocenters. The number of nitrogen functional groups attached to an aromatic ring is 1. The van der Waals surface area contributed by atoms with Gasteiger partial charge in [0, 0.05) is 12.3 Å². The number of aryl methyl sites for hydroxylation is 1. The number of hydrogen-bond acceptors (Lipinski definition) is 16. The van der Waals surface area contributed by atoms with Crippen molar-refractivity contribution in [1.29, 1.82) is 0 Å². The molecule has 0 spiro atoms. The monoisotopic (exact) mass is 632 g/mol. The number of β-lactam (4-membered cyclic amide) rings is 1. The summed E-state index contributed by atoms with van der Waals surface area (Å²) < 4.78 is 42.8. The third-order valence-electron chi connectivity index (χ3n) is 5.62. The van der Waals surface area contributed by atoms with Crippen LogP contribution in [0.15, 0.2) is 16.7 Å². The Labute approximate surface area is 240 Å². The number of nitrogens with one attached hydrogen (secondary N) is 1. The number of aromatic nitrogens is 3. The first-order valence-electron chi connectivity index (χ1n) is 11.7. The van der Waals surface area contributed by atoms with Crippen molar-refractivity contribution in [3.05, 3.63) is 33.2 Å². The normalized spacial score (nSPS) is 17.7. The van der Waals surface area contributed by atoms with Crippen LogP contribution in [0.1, 0.15) is 25.4 Å². The van der Waals surface area contributed by atoms with Gasteiger partial charge in [-0.05, 0) is 18.8 Å². The molecule has 0 aromatic carbocycles. The molecule has 0 aliphatic carbocycles. The molecule has 3 rings (SSSR count). The van der Waals surface area contributed by atoms with Crippen LogP contribution in [-0.2, 0) is 50.3 Å². The van der Waals surface area contributed by atoms with E-state index in [-0.39, 0.29) is 34.1 Å². The fourth-order valence-electron chi connectivity index (χ4n) is 3.51. The number of imidazole rings is 1. The van der Waals surface area contributed by atoms with Crippen molar-refractivity contribution in [2.45, 2.75) is 45.5 Å². The van der Waals surface area contributed by atoms with Crippen molar-refractivity contribution in [3.63, 3.8) is 0 Å². The molecule has 42 heavy (non-hydrogen) atoms. The lowest BCUT2D eigenvalue weighted by Gasteiger charge is -2.42. The highest BCUT2D eigenvalue weighted by atomic mass is 32.2. The molecule has 228 valence electrons. The molecule has 0 saturated carbocycles. The van der Waals surface area contributed by atoms with Gasteiger partial charge >= 0.3 is 28.1 Å². The number of rotatable bonds is 13. The summed E-state index contributed by atoms with van der Waals surface area (Å²) in [4.78, 5) is 72.3. The Balaban J connectivity index is 1.55. The van der Waals surface area contributed by atoms with Crippen molar-refractivity contribution in [1.82, 2.24) is 24.2 Å². The molecule has 3 heterocycles. The predicted molar refractivity (Wildman–Crippen MR) is 139 cm³/mol. The lowest BCUT2D eigenvalue weighted by molar-refractivity contribution is -0.392. The Morgan fingerprint density at radius 1 is 1.36 bits per heavy atom. The third-order valence-corrected chi connectivity index (χ3v) is 7.30. The maximum atomic E-state index is 12.9. The van der Waals surface area contributed by atoms with Gasteiger partial charge in [-0.2, -0.15) is 8.42 Å². The van der Waals surface area contributed by atoms with Gasteiger partial charge in [0.25, 0.3) is 11.8 Å². The van der Waals surface area contributed by atoms with Crippen molar-refractivity contribution >= 4 is 62.1 Å². The standard InChI is InChI=1S/C20H24N8O12S2/c1-9-15(18(31)27(9)42(35,36)37)24-17(30)16(12-8-41-20(21)23-12)25-40-10(2)19(32)39-7-14(29)38-5-4-26-11(3)22-6-13(26)28(33)34/h6,8-10,15H,4-5,7H2,1-3H3,(H2,21,23)(H,24,30)(H,35,36,37)/t9-,10?,15-/m0/s1. The number of nitro groups is 1. The summed E-state index contributed by atoms with van der Waals surface area (Å²) in [7, 11) is -4.83. The molecule has 1 aliphatic heterocycles. The van der Waals surface area contributed by atoms with Crippen LogP contribution in [0, 0.1) is 17.0 Å². The van der Waals surface area contributed by atoms with Crippen LogP contribution in [0.4, 0.5) is 10.9 Å². The molecular formula is C20H24N8O12S2. The van der Waals surface area contributed by atoms with E-state index in [0.717, 1.165) is 17.5 Å². The molecule has 1 aliphatic rings. The van der Waals surface area contributed by atoms with E-state index in [0.29, 0.717) is 5.82 Å². The summed E-state index contributed by atoms with van der Waals surface area (Å²) >= 11 is 0.935. The molecule has 1 fully saturated rings. The number of oxime groups is 1. The minimum atomic E-state index is -4.83. The topological polar surface area (TPSA) is 278 Å². The van der Waals surface area contributed by atoms with E-state index < -0.39 is 69.5 Å². The van der Waals surface area contributed by atoms with Crippen molar-refractivity contribution < 1.29 is 51.4 Å². The molecule has 1 saturated heterocycles. The minimum Gasteiger partial charge on any atom is -0.459 e. The van der Waals surface area contributed by atoms with E-state index in [1.54, 1.807) is 0 Å². The van der Waals surface area contributed by atoms with Crippen molar-refractivity contribution in [3.8, 4) is 0 Å². The van der Waals surface area contributed by atoms with Crippen LogP contribution in [0.25, 0.3) is 0 Å². The van der Waals surface area contributed by atoms with Crippen LogP contribution in [0.3, 0.4) is 0 Å². The fourth-order valence-corrected chi connectivity index (χ4v) is 4.94. The summed E-state index contributed by atoms with van der Waals surface area (Å²) in [6.07, 6.45) is -0.404. The Morgan fingerprint density at radius 2 is 2.05 bits per heavy atom. The van der Waals surface area contributed by atoms with E-state index >= 15 is 0 Å². The highest BCUT2D eigenvalue weighted by molar-refractivity contribution is 7.84. The maximum Gasteiger partial charge on any atom is 0.362 e. The van der Waals surface area contributed by atoms with E-state index in [1.807, 2.05) is 0 Å². The Hall–Kier alpha value is -4.70. The van der Waals surface area contributed by atoms with Crippen LogP contribution in [0.5, 0.6) is 0 Å². The van der Waals surface area contributed by atoms with Gasteiger partial charge in [-0.1, -0.05) is 5.16 Å². The number of carbonyl (C=O) groups is 4. The first-order chi connectivity index (χ1) is 19.6. The summed E-state index contributed by atoms with van der Waals surface area (Å²) in [6.45, 7) is 2.81. The van der Waals surface area contributed by atoms with Crippen molar-refractivity contribution in [2.75, 3.05) is 18.9 Å². The second-order valence-electron chi connectivity index (χ2n) is 8.46. The number of nitrogens with two attached hydrogens (primary N) is 1. The molecule has 0 bridgehead atoms. The van der Waals surface area contributed by atoms with Crippen LogP contribution >= 0.6 is 11.3 Å². The smallest absolute Gasteiger partial charge is 0.362 e. The van der Waals surface area contributed by atoms with E-state index in [1.165, 1.54) is 30.7 Å². The number of ether oxygens (including phenoxy) is 2. The Kier molecular flexibility index (Phi) is 9.75. The molecular weight excluding hydrogens is 608 g/mol. The number of carbonyl (C=O) groups excluding carboxylic acids is 4. The fraction of sp³-hybridized carbons (Fsp3) is 0.450. The van der Waals surface area contributed by atoms with E-state index in [4.69, 9.17) is 24.6 Å². The van der Waals surface area contributed by atoms with Gasteiger partial charge in [0.1, 0.15) is 31.1 Å². The number of esters is 2. The molecule has 2 aromatic rings. The summed E-state index contributed by atoms with van der Waals surface area (Å²) in [5.41, 5.74) is 4.97. The highest BCUT2D eigenvalue weighted by Crippen LogP contribution is 2.23. The quantitative estimate of drug-likeness (QED) is 0.0569. The molecule has 2 aromatic heterocycles. The SMILES string of the molecule is Cc1ncc([N+](=O)[O-])n1CCOC(=O)COC(=O)C(C)ON=C(C(=O)N[C@@H]1C(=O)N(S(=O)(=O)O)[C@H]1C)c1csc(N)n1. The number of anilines is 1. The third kappa shape index (κ3) is 7.32. The number of thiazole rings is 1. The van der Waals surface area contributed by atoms with E-state index in [2.05, 4.69) is 20.4 Å². The second-order valence-corrected chi connectivity index (χ2v) is 10.6. The average Bonchev–Trinajstić information content (AvgIpc) is 3.50.